The molecule has 0 heterocycles. The summed E-state index contributed by atoms with van der Waals surface area (Å²) >= 11 is 0. The Labute approximate surface area is 113 Å². The molecule has 0 aliphatic heterocycles. The number of hydrogen-bond donors (Lipinski definition) is 1. The van der Waals surface area contributed by atoms with Crippen LogP contribution in [-0.4, -0.2) is 17.8 Å². The number of aliphatic hydroxyl groups is 1. The molecule has 0 aromatic carbocycles. The zero-order valence-corrected chi connectivity index (χ0v) is 13.1. The molecule has 0 aliphatic carbocycles. The Morgan fingerprint density at radius 3 is 2.22 bits per heavy atom. The second-order valence-corrected chi connectivity index (χ2v) is 5.71. The maximum Gasteiger partial charge on any atom is 0.0945 e. The van der Waals surface area contributed by atoms with Crippen LogP contribution in [0.1, 0.15) is 60.8 Å². The zero-order valence-electron chi connectivity index (χ0n) is 13.1. The van der Waals surface area contributed by atoms with Gasteiger partial charge in [0.2, 0.25) is 0 Å². The topological polar surface area (TPSA) is 29.5 Å². The molecule has 0 saturated heterocycles. The standard InChI is InChI=1S/C16H32O2/c1-7-13(5)9-10-15(18-8-2)11-16(17)14(6)12(3)4/h11-14,16-17H,7-10H2,1-6H3/b15-11-. The van der Waals surface area contributed by atoms with Gasteiger partial charge in [-0.05, 0) is 37.2 Å². The van der Waals surface area contributed by atoms with Crippen LogP contribution in [0.4, 0.5) is 0 Å². The minimum absolute atomic E-state index is 0.268. The molecule has 108 valence electrons. The second kappa shape index (κ2) is 9.43. The maximum absolute atomic E-state index is 10.2. The molecule has 0 bridgehead atoms. The van der Waals surface area contributed by atoms with E-state index in [2.05, 4.69) is 34.6 Å². The van der Waals surface area contributed by atoms with Crippen molar-refractivity contribution in [3.05, 3.63) is 11.8 Å². The van der Waals surface area contributed by atoms with Crippen molar-refractivity contribution >= 4 is 0 Å². The minimum Gasteiger partial charge on any atom is -0.498 e. The normalized spacial score (nSPS) is 17.7. The largest absolute Gasteiger partial charge is 0.498 e. The smallest absolute Gasteiger partial charge is 0.0945 e. The SMILES string of the molecule is CCO/C(=C\C(O)C(C)C(C)C)CCC(C)CC. The van der Waals surface area contributed by atoms with Crippen LogP contribution in [0.5, 0.6) is 0 Å². The lowest BCUT2D eigenvalue weighted by molar-refractivity contribution is 0.124. The van der Waals surface area contributed by atoms with Crippen molar-refractivity contribution in [3.63, 3.8) is 0 Å². The number of aliphatic hydroxyl groups excluding tert-OH is 1. The van der Waals surface area contributed by atoms with Crippen molar-refractivity contribution in [1.29, 1.82) is 0 Å². The summed E-state index contributed by atoms with van der Waals surface area (Å²) in [7, 11) is 0. The summed E-state index contributed by atoms with van der Waals surface area (Å²) in [5, 5.41) is 10.2. The lowest BCUT2D eigenvalue weighted by atomic mass is 9.91. The zero-order chi connectivity index (χ0) is 14.1. The van der Waals surface area contributed by atoms with Crippen molar-refractivity contribution in [2.75, 3.05) is 6.61 Å². The van der Waals surface area contributed by atoms with Crippen molar-refractivity contribution in [2.24, 2.45) is 17.8 Å². The Morgan fingerprint density at radius 1 is 1.17 bits per heavy atom. The van der Waals surface area contributed by atoms with Crippen molar-refractivity contribution in [1.82, 2.24) is 0 Å². The van der Waals surface area contributed by atoms with E-state index in [4.69, 9.17) is 4.74 Å². The van der Waals surface area contributed by atoms with E-state index in [9.17, 15) is 5.11 Å². The predicted molar refractivity (Wildman–Crippen MR) is 78.4 cm³/mol. The summed E-state index contributed by atoms with van der Waals surface area (Å²) in [6.45, 7) is 13.5. The first-order valence-electron chi connectivity index (χ1n) is 7.43. The molecular formula is C16H32O2. The number of allylic oxidation sites excluding steroid dienone is 1. The number of rotatable bonds is 9. The molecule has 1 N–H and O–H groups in total. The summed E-state index contributed by atoms with van der Waals surface area (Å²) < 4.78 is 5.64. The fraction of sp³-hybridized carbons (Fsp3) is 0.875. The Balaban J connectivity index is 4.46. The van der Waals surface area contributed by atoms with Crippen LogP contribution >= 0.6 is 0 Å². The van der Waals surface area contributed by atoms with Gasteiger partial charge < -0.3 is 9.84 Å². The van der Waals surface area contributed by atoms with E-state index >= 15 is 0 Å². The minimum atomic E-state index is -0.400. The molecule has 0 spiro atoms. The van der Waals surface area contributed by atoms with Crippen LogP contribution in [0.3, 0.4) is 0 Å². The van der Waals surface area contributed by atoms with Gasteiger partial charge in [0.25, 0.3) is 0 Å². The molecule has 0 rings (SSSR count). The van der Waals surface area contributed by atoms with Gasteiger partial charge in [-0.3, -0.25) is 0 Å². The van der Waals surface area contributed by atoms with E-state index in [0.717, 1.165) is 18.6 Å². The molecule has 0 aliphatic rings. The van der Waals surface area contributed by atoms with Gasteiger partial charge in [0.1, 0.15) is 0 Å². The van der Waals surface area contributed by atoms with Gasteiger partial charge in [-0.25, -0.2) is 0 Å². The first-order valence-corrected chi connectivity index (χ1v) is 7.43. The monoisotopic (exact) mass is 256 g/mol. The third-order valence-corrected chi connectivity index (χ3v) is 3.86. The third kappa shape index (κ3) is 7.05. The molecule has 2 nitrogen and oxygen atoms in total. The first kappa shape index (κ1) is 17.5. The van der Waals surface area contributed by atoms with E-state index in [1.807, 2.05) is 13.0 Å². The summed E-state index contributed by atoms with van der Waals surface area (Å²) in [6.07, 6.45) is 4.78. The summed E-state index contributed by atoms with van der Waals surface area (Å²) in [5.41, 5.74) is 0. The third-order valence-electron chi connectivity index (χ3n) is 3.86. The molecule has 18 heavy (non-hydrogen) atoms. The van der Waals surface area contributed by atoms with Gasteiger partial charge >= 0.3 is 0 Å². The summed E-state index contributed by atoms with van der Waals surface area (Å²) in [4.78, 5) is 0. The Morgan fingerprint density at radius 2 is 1.78 bits per heavy atom. The van der Waals surface area contributed by atoms with Crippen LogP contribution in [-0.2, 0) is 4.74 Å². The van der Waals surface area contributed by atoms with Gasteiger partial charge in [0.05, 0.1) is 18.5 Å². The quantitative estimate of drug-likeness (QED) is 0.620. The van der Waals surface area contributed by atoms with E-state index in [0.29, 0.717) is 18.4 Å². The average Bonchev–Trinajstić information content (AvgIpc) is 2.34. The molecule has 0 aromatic heterocycles. The second-order valence-electron chi connectivity index (χ2n) is 5.71. The highest BCUT2D eigenvalue weighted by Crippen LogP contribution is 2.20. The van der Waals surface area contributed by atoms with E-state index < -0.39 is 6.10 Å². The van der Waals surface area contributed by atoms with Gasteiger partial charge in [-0.15, -0.1) is 0 Å². The van der Waals surface area contributed by atoms with Crippen LogP contribution in [0.2, 0.25) is 0 Å². The maximum atomic E-state index is 10.2. The van der Waals surface area contributed by atoms with E-state index in [-0.39, 0.29) is 5.92 Å². The molecule has 2 heteroatoms. The highest BCUT2D eigenvalue weighted by molar-refractivity contribution is 4.99. The highest BCUT2D eigenvalue weighted by atomic mass is 16.5. The van der Waals surface area contributed by atoms with Crippen molar-refractivity contribution in [2.45, 2.75) is 66.9 Å². The molecule has 0 fully saturated rings. The Hall–Kier alpha value is -0.500. The fourth-order valence-corrected chi connectivity index (χ4v) is 1.72. The van der Waals surface area contributed by atoms with Crippen LogP contribution in [0.25, 0.3) is 0 Å². The number of hydrogen-bond acceptors (Lipinski definition) is 2. The Kier molecular flexibility index (Phi) is 9.17. The van der Waals surface area contributed by atoms with E-state index in [1.54, 1.807) is 0 Å². The van der Waals surface area contributed by atoms with Gasteiger partial charge in [0, 0.05) is 6.42 Å². The van der Waals surface area contributed by atoms with Crippen molar-refractivity contribution in [3.8, 4) is 0 Å². The molecule has 0 saturated carbocycles. The van der Waals surface area contributed by atoms with Crippen LogP contribution in [0.15, 0.2) is 11.8 Å². The van der Waals surface area contributed by atoms with Crippen LogP contribution < -0.4 is 0 Å². The predicted octanol–water partition coefficient (Wildman–Crippen LogP) is 4.39. The Bertz CT molecular complexity index is 233. The molecule has 0 radical (unpaired) electrons. The lowest BCUT2D eigenvalue weighted by Crippen LogP contribution is -2.21. The molecule has 0 aromatic rings. The molecular weight excluding hydrogens is 224 g/mol. The van der Waals surface area contributed by atoms with Crippen molar-refractivity contribution < 1.29 is 9.84 Å². The number of ether oxygens (including phenoxy) is 1. The molecule has 3 atom stereocenters. The van der Waals surface area contributed by atoms with E-state index in [1.165, 1.54) is 6.42 Å². The molecule has 0 amide bonds. The average molecular weight is 256 g/mol. The highest BCUT2D eigenvalue weighted by Gasteiger charge is 2.16. The first-order chi connectivity index (χ1) is 8.42. The van der Waals surface area contributed by atoms with Gasteiger partial charge in [0.15, 0.2) is 0 Å². The lowest BCUT2D eigenvalue weighted by Gasteiger charge is -2.21. The van der Waals surface area contributed by atoms with Gasteiger partial charge in [-0.2, -0.15) is 0 Å². The van der Waals surface area contributed by atoms with Crippen LogP contribution in [0, 0.1) is 17.8 Å². The summed E-state index contributed by atoms with van der Waals surface area (Å²) in [6, 6.07) is 0. The molecule has 3 unspecified atom stereocenters. The summed E-state index contributed by atoms with van der Waals surface area (Å²) in [5.74, 6) is 2.42. The van der Waals surface area contributed by atoms with Gasteiger partial charge in [-0.1, -0.05) is 41.0 Å². The fourth-order valence-electron chi connectivity index (χ4n) is 1.72.